The average molecular weight is 241 g/mol. The van der Waals surface area contributed by atoms with Gasteiger partial charge in [-0.3, -0.25) is 9.59 Å². The lowest BCUT2D eigenvalue weighted by atomic mass is 9.94. The molecule has 0 saturated heterocycles. The van der Waals surface area contributed by atoms with Gasteiger partial charge in [-0.1, -0.05) is 19.3 Å². The van der Waals surface area contributed by atoms with Crippen LogP contribution in [0, 0.1) is 5.92 Å². The zero-order valence-corrected chi connectivity index (χ0v) is 10.7. The maximum Gasteiger partial charge on any atom is 0.242 e. The van der Waals surface area contributed by atoms with Crippen molar-refractivity contribution < 1.29 is 9.59 Å². The molecule has 0 heterocycles. The van der Waals surface area contributed by atoms with E-state index in [4.69, 9.17) is 5.73 Å². The van der Waals surface area contributed by atoms with Gasteiger partial charge in [0.15, 0.2) is 0 Å². The Morgan fingerprint density at radius 2 is 1.88 bits per heavy atom. The van der Waals surface area contributed by atoms with Gasteiger partial charge >= 0.3 is 0 Å². The molecule has 3 unspecified atom stereocenters. The van der Waals surface area contributed by atoms with Crippen LogP contribution >= 0.6 is 0 Å². The number of rotatable bonds is 3. The Bertz CT molecular complexity index is 281. The summed E-state index contributed by atoms with van der Waals surface area (Å²) in [5, 5.41) is 5.24. The van der Waals surface area contributed by atoms with Crippen LogP contribution in [0.2, 0.25) is 0 Å². The quantitative estimate of drug-likeness (QED) is 0.615. The second-order valence-corrected chi connectivity index (χ2v) is 4.75. The van der Waals surface area contributed by atoms with Crippen LogP contribution in [0.25, 0.3) is 0 Å². The summed E-state index contributed by atoms with van der Waals surface area (Å²) in [6.07, 6.45) is 5.00. The lowest BCUT2D eigenvalue weighted by Gasteiger charge is -2.22. The molecule has 0 aromatic heterocycles. The van der Waals surface area contributed by atoms with E-state index in [2.05, 4.69) is 10.6 Å². The summed E-state index contributed by atoms with van der Waals surface area (Å²) in [6, 6.07) is -0.572. The topological polar surface area (TPSA) is 84.2 Å². The highest BCUT2D eigenvalue weighted by atomic mass is 16.2. The third-order valence-electron chi connectivity index (χ3n) is 3.40. The number of carbonyl (C=O) groups excluding carboxylic acids is 2. The third-order valence-corrected chi connectivity index (χ3v) is 3.40. The van der Waals surface area contributed by atoms with Crippen LogP contribution in [0.15, 0.2) is 0 Å². The van der Waals surface area contributed by atoms with Gasteiger partial charge in [0.2, 0.25) is 11.8 Å². The van der Waals surface area contributed by atoms with Crippen LogP contribution in [-0.4, -0.2) is 30.9 Å². The normalized spacial score (nSPS) is 26.8. The van der Waals surface area contributed by atoms with E-state index < -0.39 is 6.04 Å². The van der Waals surface area contributed by atoms with E-state index in [1.165, 1.54) is 0 Å². The molecule has 5 nitrogen and oxygen atoms in total. The second kappa shape index (κ2) is 6.59. The number of likely N-dealkylation sites (N-methyl/N-ethyl adjacent to an activating group) is 1. The summed E-state index contributed by atoms with van der Waals surface area (Å²) in [6.45, 7) is 1.68. The van der Waals surface area contributed by atoms with Crippen LogP contribution < -0.4 is 16.4 Å². The molecule has 1 saturated carbocycles. The van der Waals surface area contributed by atoms with Gasteiger partial charge in [0.1, 0.15) is 6.04 Å². The molecule has 0 aromatic carbocycles. The van der Waals surface area contributed by atoms with Crippen molar-refractivity contribution in [1.29, 1.82) is 0 Å². The van der Waals surface area contributed by atoms with Crippen molar-refractivity contribution in [2.75, 3.05) is 7.05 Å². The van der Waals surface area contributed by atoms with Gasteiger partial charge in [-0.15, -0.1) is 0 Å². The molecule has 1 fully saturated rings. The van der Waals surface area contributed by atoms with E-state index in [1.807, 2.05) is 0 Å². The summed E-state index contributed by atoms with van der Waals surface area (Å²) in [7, 11) is 1.56. The van der Waals surface area contributed by atoms with E-state index in [9.17, 15) is 9.59 Å². The molecule has 0 aliphatic heterocycles. The van der Waals surface area contributed by atoms with E-state index in [-0.39, 0.29) is 23.8 Å². The van der Waals surface area contributed by atoms with Crippen molar-refractivity contribution in [1.82, 2.24) is 10.6 Å². The minimum absolute atomic E-state index is 0.0746. The summed E-state index contributed by atoms with van der Waals surface area (Å²) < 4.78 is 0. The van der Waals surface area contributed by atoms with E-state index >= 15 is 0 Å². The Morgan fingerprint density at radius 3 is 2.53 bits per heavy atom. The fourth-order valence-corrected chi connectivity index (χ4v) is 2.26. The molecule has 0 radical (unpaired) electrons. The van der Waals surface area contributed by atoms with E-state index in [0.29, 0.717) is 0 Å². The van der Waals surface area contributed by atoms with Gasteiger partial charge < -0.3 is 16.4 Å². The predicted molar refractivity (Wildman–Crippen MR) is 66.2 cm³/mol. The summed E-state index contributed by atoms with van der Waals surface area (Å²) in [5.41, 5.74) is 6.00. The Labute approximate surface area is 103 Å². The average Bonchev–Trinajstić information content (AvgIpc) is 2.52. The highest BCUT2D eigenvalue weighted by Gasteiger charge is 2.28. The molecule has 1 aliphatic carbocycles. The first-order valence-corrected chi connectivity index (χ1v) is 6.33. The zero-order valence-electron chi connectivity index (χ0n) is 10.7. The fraction of sp³-hybridized carbons (Fsp3) is 0.833. The van der Waals surface area contributed by atoms with Crippen molar-refractivity contribution >= 4 is 11.8 Å². The molecule has 1 rings (SSSR count). The highest BCUT2D eigenvalue weighted by molar-refractivity contribution is 5.88. The van der Waals surface area contributed by atoms with Gasteiger partial charge in [0, 0.05) is 13.1 Å². The summed E-state index contributed by atoms with van der Waals surface area (Å²) in [4.78, 5) is 23.3. The Kier molecular flexibility index (Phi) is 5.41. The van der Waals surface area contributed by atoms with Gasteiger partial charge in [0.25, 0.3) is 0 Å². The second-order valence-electron chi connectivity index (χ2n) is 4.75. The minimum Gasteiger partial charge on any atom is -0.357 e. The first-order chi connectivity index (χ1) is 8.06. The number of carbonyl (C=O) groups is 2. The predicted octanol–water partition coefficient (Wildman–Crippen LogP) is 0.145. The lowest BCUT2D eigenvalue weighted by molar-refractivity contribution is -0.131. The van der Waals surface area contributed by atoms with Crippen molar-refractivity contribution in [3.05, 3.63) is 0 Å². The molecule has 0 bridgehead atoms. The van der Waals surface area contributed by atoms with E-state index in [1.54, 1.807) is 14.0 Å². The Morgan fingerprint density at radius 1 is 1.24 bits per heavy atom. The molecular weight excluding hydrogens is 218 g/mol. The number of nitrogens with two attached hydrogens (primary N) is 1. The van der Waals surface area contributed by atoms with Gasteiger partial charge in [-0.25, -0.2) is 0 Å². The van der Waals surface area contributed by atoms with Gasteiger partial charge in [-0.05, 0) is 19.8 Å². The van der Waals surface area contributed by atoms with Crippen LogP contribution in [0.5, 0.6) is 0 Å². The van der Waals surface area contributed by atoms with Gasteiger partial charge in [0.05, 0.1) is 5.92 Å². The first kappa shape index (κ1) is 14.0. The molecule has 1 aliphatic rings. The molecular formula is C12H23N3O2. The smallest absolute Gasteiger partial charge is 0.242 e. The summed E-state index contributed by atoms with van der Waals surface area (Å²) >= 11 is 0. The minimum atomic E-state index is -0.497. The monoisotopic (exact) mass is 241 g/mol. The number of nitrogens with one attached hydrogen (secondary N) is 2. The van der Waals surface area contributed by atoms with E-state index in [0.717, 1.165) is 32.1 Å². The molecule has 2 amide bonds. The first-order valence-electron chi connectivity index (χ1n) is 6.33. The SMILES string of the molecule is CNC(=O)C(C)NC(=O)C1CCCCCC1N. The maximum absolute atomic E-state index is 12.0. The van der Waals surface area contributed by atoms with Gasteiger partial charge in [-0.2, -0.15) is 0 Å². The third kappa shape index (κ3) is 4.00. The fourth-order valence-electron chi connectivity index (χ4n) is 2.26. The standard InChI is InChI=1S/C12H23N3O2/c1-8(11(16)14-2)15-12(17)9-6-4-3-5-7-10(9)13/h8-10H,3-7,13H2,1-2H3,(H,14,16)(H,15,17). The highest BCUT2D eigenvalue weighted by Crippen LogP contribution is 2.22. The number of hydrogen-bond donors (Lipinski definition) is 3. The van der Waals surface area contributed by atoms with Crippen LogP contribution in [0.3, 0.4) is 0 Å². The van der Waals surface area contributed by atoms with Crippen LogP contribution in [0.4, 0.5) is 0 Å². The Hall–Kier alpha value is -1.10. The van der Waals surface area contributed by atoms with Crippen LogP contribution in [-0.2, 0) is 9.59 Å². The van der Waals surface area contributed by atoms with Crippen molar-refractivity contribution in [2.45, 2.75) is 51.1 Å². The summed E-state index contributed by atoms with van der Waals surface area (Å²) in [5.74, 6) is -0.416. The molecule has 17 heavy (non-hydrogen) atoms. The molecule has 5 heteroatoms. The maximum atomic E-state index is 12.0. The Balaban J connectivity index is 2.53. The lowest BCUT2D eigenvalue weighted by Crippen LogP contribution is -2.49. The molecule has 3 atom stereocenters. The van der Waals surface area contributed by atoms with Crippen molar-refractivity contribution in [3.63, 3.8) is 0 Å². The van der Waals surface area contributed by atoms with Crippen molar-refractivity contribution in [3.8, 4) is 0 Å². The van der Waals surface area contributed by atoms with Crippen LogP contribution in [0.1, 0.15) is 39.0 Å². The molecule has 0 aromatic rings. The molecule has 4 N–H and O–H groups in total. The van der Waals surface area contributed by atoms with Crippen molar-refractivity contribution in [2.24, 2.45) is 11.7 Å². The largest absolute Gasteiger partial charge is 0.357 e. The molecule has 98 valence electrons. The number of hydrogen-bond acceptors (Lipinski definition) is 3. The number of amides is 2. The molecule has 0 spiro atoms. The zero-order chi connectivity index (χ0) is 12.8.